The molecular formula is C13H19Cl2N3O4S. The summed E-state index contributed by atoms with van der Waals surface area (Å²) in [5.41, 5.74) is 5.57. The van der Waals surface area contributed by atoms with Crippen LogP contribution >= 0.6 is 24.0 Å². The summed E-state index contributed by atoms with van der Waals surface area (Å²) in [4.78, 5) is 10.3. The van der Waals surface area contributed by atoms with Gasteiger partial charge in [-0.15, -0.1) is 12.4 Å². The van der Waals surface area contributed by atoms with Gasteiger partial charge in [0.05, 0.1) is 14.8 Å². The van der Waals surface area contributed by atoms with E-state index in [1.807, 2.05) is 0 Å². The molecule has 1 aromatic rings. The first kappa shape index (κ1) is 20.1. The summed E-state index contributed by atoms with van der Waals surface area (Å²) in [6, 6.07) is 2.14. The molecule has 0 aromatic heterocycles. The standard InChI is InChI=1S/C13H18ClN3O4S.ClH/c1-8-3-10(6-15)7-16(8)22(20,21)11-4-12(14)9(2)13(5-11)17(18)19;/h4-5,8,10H,3,6-7,15H2,1-2H3;1H. The fourth-order valence-electron chi connectivity index (χ4n) is 2.73. The minimum Gasteiger partial charge on any atom is -0.330 e. The zero-order valence-electron chi connectivity index (χ0n) is 12.7. The van der Waals surface area contributed by atoms with Crippen LogP contribution in [0.5, 0.6) is 0 Å². The minimum absolute atomic E-state index is 0. The highest BCUT2D eigenvalue weighted by molar-refractivity contribution is 7.89. The number of hydrogen-bond acceptors (Lipinski definition) is 5. The summed E-state index contributed by atoms with van der Waals surface area (Å²) in [7, 11) is -3.84. The summed E-state index contributed by atoms with van der Waals surface area (Å²) in [5.74, 6) is 0.0979. The Balaban J connectivity index is 0.00000264. The molecule has 1 aromatic carbocycles. The summed E-state index contributed by atoms with van der Waals surface area (Å²) < 4.78 is 26.8. The van der Waals surface area contributed by atoms with Gasteiger partial charge >= 0.3 is 0 Å². The third-order valence-corrected chi connectivity index (χ3v) is 6.38. The number of nitrogens with two attached hydrogens (primary N) is 1. The van der Waals surface area contributed by atoms with Gasteiger partial charge in [-0.1, -0.05) is 11.6 Å². The molecule has 1 heterocycles. The van der Waals surface area contributed by atoms with Crippen LogP contribution in [-0.4, -0.2) is 36.8 Å². The third kappa shape index (κ3) is 3.77. The molecule has 0 radical (unpaired) electrons. The predicted octanol–water partition coefficient (Wildman–Crippen LogP) is 2.34. The quantitative estimate of drug-likeness (QED) is 0.633. The lowest BCUT2D eigenvalue weighted by Gasteiger charge is -2.21. The van der Waals surface area contributed by atoms with E-state index >= 15 is 0 Å². The minimum atomic E-state index is -3.84. The van der Waals surface area contributed by atoms with Crippen molar-refractivity contribution in [1.82, 2.24) is 4.31 Å². The molecule has 130 valence electrons. The van der Waals surface area contributed by atoms with E-state index in [1.54, 1.807) is 6.92 Å². The molecule has 1 fully saturated rings. The van der Waals surface area contributed by atoms with Crippen LogP contribution in [0.15, 0.2) is 17.0 Å². The van der Waals surface area contributed by atoms with Crippen molar-refractivity contribution >= 4 is 39.7 Å². The monoisotopic (exact) mass is 383 g/mol. The van der Waals surface area contributed by atoms with Crippen molar-refractivity contribution in [3.8, 4) is 0 Å². The average Bonchev–Trinajstić information content (AvgIpc) is 2.83. The Morgan fingerprint density at radius 1 is 1.48 bits per heavy atom. The van der Waals surface area contributed by atoms with Gasteiger partial charge < -0.3 is 5.73 Å². The van der Waals surface area contributed by atoms with E-state index in [-0.39, 0.29) is 45.5 Å². The molecule has 2 atom stereocenters. The first-order chi connectivity index (χ1) is 10.2. The largest absolute Gasteiger partial charge is 0.330 e. The van der Waals surface area contributed by atoms with Crippen molar-refractivity contribution in [3.63, 3.8) is 0 Å². The maximum atomic E-state index is 12.7. The van der Waals surface area contributed by atoms with Crippen LogP contribution in [-0.2, 0) is 10.0 Å². The lowest BCUT2D eigenvalue weighted by Crippen LogP contribution is -2.34. The zero-order chi connectivity index (χ0) is 16.7. The first-order valence-electron chi connectivity index (χ1n) is 6.85. The molecule has 10 heteroatoms. The molecule has 0 saturated carbocycles. The number of hydrogen-bond donors (Lipinski definition) is 1. The van der Waals surface area contributed by atoms with Crippen LogP contribution in [0, 0.1) is 23.0 Å². The smallest absolute Gasteiger partial charge is 0.275 e. The number of sulfonamides is 1. The van der Waals surface area contributed by atoms with Gasteiger partial charge in [0.2, 0.25) is 10.0 Å². The van der Waals surface area contributed by atoms with E-state index in [0.717, 1.165) is 6.07 Å². The van der Waals surface area contributed by atoms with Gasteiger partial charge in [0.25, 0.3) is 5.69 Å². The topological polar surface area (TPSA) is 107 Å². The molecule has 1 aliphatic rings. The Bertz CT molecular complexity index is 711. The summed E-state index contributed by atoms with van der Waals surface area (Å²) in [5, 5.41) is 11.1. The normalized spacial score (nSPS) is 21.9. The van der Waals surface area contributed by atoms with E-state index < -0.39 is 14.9 Å². The number of nitro benzene ring substituents is 1. The maximum absolute atomic E-state index is 12.7. The van der Waals surface area contributed by atoms with Crippen molar-refractivity contribution < 1.29 is 13.3 Å². The molecule has 23 heavy (non-hydrogen) atoms. The molecule has 2 N–H and O–H groups in total. The number of nitro groups is 1. The average molecular weight is 384 g/mol. The second kappa shape index (κ2) is 7.31. The first-order valence-corrected chi connectivity index (χ1v) is 8.66. The van der Waals surface area contributed by atoms with Crippen LogP contribution in [0.3, 0.4) is 0 Å². The molecule has 0 spiro atoms. The van der Waals surface area contributed by atoms with Gasteiger partial charge in [-0.25, -0.2) is 8.42 Å². The lowest BCUT2D eigenvalue weighted by molar-refractivity contribution is -0.385. The lowest BCUT2D eigenvalue weighted by atomic mass is 10.1. The van der Waals surface area contributed by atoms with Gasteiger partial charge in [-0.2, -0.15) is 4.31 Å². The van der Waals surface area contributed by atoms with Gasteiger partial charge in [0.15, 0.2) is 0 Å². The van der Waals surface area contributed by atoms with Crippen molar-refractivity contribution in [1.29, 1.82) is 0 Å². The summed E-state index contributed by atoms with van der Waals surface area (Å²) >= 11 is 5.96. The van der Waals surface area contributed by atoms with Crippen molar-refractivity contribution in [2.75, 3.05) is 13.1 Å². The Kier molecular flexibility index (Phi) is 6.39. The van der Waals surface area contributed by atoms with E-state index in [0.29, 0.717) is 19.5 Å². The molecule has 0 aliphatic carbocycles. The molecule has 1 saturated heterocycles. The predicted molar refractivity (Wildman–Crippen MR) is 90.6 cm³/mol. The van der Waals surface area contributed by atoms with Crippen molar-refractivity contribution in [2.24, 2.45) is 11.7 Å². The van der Waals surface area contributed by atoms with Crippen LogP contribution in [0.4, 0.5) is 5.69 Å². The number of benzene rings is 1. The van der Waals surface area contributed by atoms with Crippen molar-refractivity contribution in [2.45, 2.75) is 31.2 Å². The third-order valence-electron chi connectivity index (χ3n) is 4.03. The van der Waals surface area contributed by atoms with Gasteiger partial charge in [0.1, 0.15) is 0 Å². The van der Waals surface area contributed by atoms with Gasteiger partial charge in [0, 0.05) is 24.2 Å². The van der Waals surface area contributed by atoms with Crippen LogP contribution in [0.25, 0.3) is 0 Å². The maximum Gasteiger partial charge on any atom is 0.275 e. The number of nitrogens with zero attached hydrogens (tertiary/aromatic N) is 2. The van der Waals surface area contributed by atoms with Crippen molar-refractivity contribution in [3.05, 3.63) is 32.8 Å². The highest BCUT2D eigenvalue weighted by Crippen LogP contribution is 2.34. The highest BCUT2D eigenvalue weighted by atomic mass is 35.5. The summed E-state index contributed by atoms with van der Waals surface area (Å²) in [6.07, 6.45) is 0.678. The second-order valence-electron chi connectivity index (χ2n) is 5.57. The second-order valence-corrected chi connectivity index (χ2v) is 7.87. The van der Waals surface area contributed by atoms with Gasteiger partial charge in [-0.05, 0) is 38.8 Å². The zero-order valence-corrected chi connectivity index (χ0v) is 15.1. The van der Waals surface area contributed by atoms with E-state index in [4.69, 9.17) is 17.3 Å². The number of halogens is 2. The Hall–Kier alpha value is -0.930. The highest BCUT2D eigenvalue weighted by Gasteiger charge is 2.38. The molecule has 2 unspecified atom stereocenters. The van der Waals surface area contributed by atoms with E-state index in [1.165, 1.54) is 17.3 Å². The van der Waals surface area contributed by atoms with E-state index in [9.17, 15) is 18.5 Å². The Morgan fingerprint density at radius 3 is 2.57 bits per heavy atom. The van der Waals surface area contributed by atoms with Crippen LogP contribution < -0.4 is 5.73 Å². The molecule has 7 nitrogen and oxygen atoms in total. The Labute approximate surface area is 146 Å². The Morgan fingerprint density at radius 2 is 2.09 bits per heavy atom. The molecular weight excluding hydrogens is 365 g/mol. The molecule has 0 amide bonds. The molecule has 2 rings (SSSR count). The molecule has 0 bridgehead atoms. The SMILES string of the molecule is Cc1c(Cl)cc(S(=O)(=O)N2CC(CN)CC2C)cc1[N+](=O)[O-].Cl. The number of rotatable bonds is 4. The molecule has 1 aliphatic heterocycles. The fraction of sp³-hybridized carbons (Fsp3) is 0.538. The van der Waals surface area contributed by atoms with Crippen LogP contribution in [0.1, 0.15) is 18.9 Å². The van der Waals surface area contributed by atoms with E-state index in [2.05, 4.69) is 0 Å². The van der Waals surface area contributed by atoms with Gasteiger partial charge in [-0.3, -0.25) is 10.1 Å². The van der Waals surface area contributed by atoms with Crippen LogP contribution in [0.2, 0.25) is 5.02 Å². The summed E-state index contributed by atoms with van der Waals surface area (Å²) in [6.45, 7) is 4.02. The fourth-order valence-corrected chi connectivity index (χ4v) is 4.77.